The number of aliphatic imine (C=N–C) groups is 1. The zero-order valence-electron chi connectivity index (χ0n) is 18.3. The summed E-state index contributed by atoms with van der Waals surface area (Å²) in [4.78, 5) is 12.1. The maximum Gasteiger partial charge on any atom is 0.114 e. The number of rotatable bonds is 6. The summed E-state index contributed by atoms with van der Waals surface area (Å²) in [5.74, 6) is 0. The van der Waals surface area contributed by atoms with Crippen molar-refractivity contribution in [2.45, 2.75) is 19.5 Å². The number of hydrogen-bond acceptors (Lipinski definition) is 4. The first-order chi connectivity index (χ1) is 13.8. The van der Waals surface area contributed by atoms with Gasteiger partial charge in [0.1, 0.15) is 8.07 Å². The molecule has 0 saturated heterocycles. The third kappa shape index (κ3) is 4.02. The lowest BCUT2D eigenvalue weighted by Gasteiger charge is -2.36. The Balaban J connectivity index is 2.17. The molecule has 0 amide bonds. The van der Waals surface area contributed by atoms with Crippen LogP contribution in [0.4, 0.5) is 11.4 Å². The Bertz CT molecular complexity index is 923. The third-order valence-corrected chi connectivity index (χ3v) is 9.17. The minimum absolute atomic E-state index is 0.479. The van der Waals surface area contributed by atoms with Crippen LogP contribution in [0.25, 0.3) is 10.4 Å². The molecular weight excluding hydrogens is 376 g/mol. The molecule has 2 aromatic carbocycles. The Morgan fingerprint density at radius 2 is 1.38 bits per heavy atom. The normalized spacial score (nSPS) is 13.8. The van der Waals surface area contributed by atoms with Gasteiger partial charge in [-0.05, 0) is 46.6 Å². The lowest BCUT2D eigenvalue weighted by atomic mass is 10.00. The molecule has 0 atom stereocenters. The van der Waals surface area contributed by atoms with E-state index in [9.17, 15) is 0 Å². The second-order valence-corrected chi connectivity index (χ2v) is 12.7. The first-order valence-corrected chi connectivity index (χ1v) is 13.0. The molecule has 0 aliphatic carbocycles. The number of benzene rings is 2. The number of nitrogens with zero attached hydrogens (tertiary/aromatic N) is 6. The molecule has 2 aromatic rings. The second-order valence-electron chi connectivity index (χ2n) is 8.41. The fraction of sp³-hybridized carbons (Fsp3) is 0.409. The van der Waals surface area contributed by atoms with Crippen LogP contribution in [0.15, 0.2) is 46.5 Å². The van der Waals surface area contributed by atoms with Crippen molar-refractivity contribution in [2.75, 3.05) is 51.1 Å². The lowest BCUT2D eigenvalue weighted by molar-refractivity contribution is 0.839. The highest BCUT2D eigenvalue weighted by molar-refractivity contribution is 7.02. The fourth-order valence-electron chi connectivity index (χ4n) is 3.91. The molecule has 0 saturated carbocycles. The molecule has 1 aliphatic heterocycles. The Morgan fingerprint density at radius 3 is 1.83 bits per heavy atom. The largest absolute Gasteiger partial charge is 0.378 e. The summed E-state index contributed by atoms with van der Waals surface area (Å²) in [6.07, 6.45) is 0.755. The van der Waals surface area contributed by atoms with Crippen LogP contribution in [-0.4, -0.2) is 55.1 Å². The minimum atomic E-state index is -1.89. The van der Waals surface area contributed by atoms with Gasteiger partial charge in [-0.25, -0.2) is 0 Å². The summed E-state index contributed by atoms with van der Waals surface area (Å²) in [5.41, 5.74) is 14.5. The van der Waals surface area contributed by atoms with E-state index >= 15 is 0 Å². The van der Waals surface area contributed by atoms with Crippen molar-refractivity contribution in [1.82, 2.24) is 0 Å². The van der Waals surface area contributed by atoms with Crippen LogP contribution in [0, 0.1) is 0 Å². The average Bonchev–Trinajstić information content (AvgIpc) is 2.69. The van der Waals surface area contributed by atoms with E-state index in [0.29, 0.717) is 13.1 Å². The fourth-order valence-corrected chi connectivity index (χ4v) is 6.96. The van der Waals surface area contributed by atoms with Crippen molar-refractivity contribution >= 4 is 35.5 Å². The molecule has 0 spiro atoms. The molecule has 1 heterocycles. The van der Waals surface area contributed by atoms with Crippen LogP contribution < -0.4 is 20.2 Å². The van der Waals surface area contributed by atoms with Crippen LogP contribution in [0.3, 0.4) is 0 Å². The van der Waals surface area contributed by atoms with E-state index in [0.717, 1.165) is 12.1 Å². The van der Waals surface area contributed by atoms with Gasteiger partial charge in [0.05, 0.1) is 5.71 Å². The van der Waals surface area contributed by atoms with Crippen LogP contribution in [0.2, 0.25) is 13.1 Å². The monoisotopic (exact) mass is 406 g/mol. The zero-order valence-corrected chi connectivity index (χ0v) is 19.3. The SMILES string of the molecule is CN(C)c1ccc2c(c1)[Si](C)(C)c1cc(N(C)C)ccc1C2=NCCCN=[N+]=[N-]. The van der Waals surface area contributed by atoms with Gasteiger partial charge >= 0.3 is 0 Å². The topological polar surface area (TPSA) is 67.6 Å². The van der Waals surface area contributed by atoms with Gasteiger partial charge in [-0.2, -0.15) is 0 Å². The van der Waals surface area contributed by atoms with Gasteiger partial charge in [-0.1, -0.05) is 30.3 Å². The Labute approximate surface area is 174 Å². The van der Waals surface area contributed by atoms with E-state index in [1.165, 1.54) is 32.9 Å². The maximum absolute atomic E-state index is 8.49. The van der Waals surface area contributed by atoms with Gasteiger partial charge in [-0.15, -0.1) is 0 Å². The van der Waals surface area contributed by atoms with E-state index < -0.39 is 8.07 Å². The molecule has 0 fully saturated rings. The van der Waals surface area contributed by atoms with Gasteiger partial charge in [0.25, 0.3) is 0 Å². The molecule has 3 rings (SSSR count). The molecule has 0 radical (unpaired) electrons. The molecule has 0 aromatic heterocycles. The molecule has 29 heavy (non-hydrogen) atoms. The van der Waals surface area contributed by atoms with Crippen LogP contribution in [0.5, 0.6) is 0 Å². The lowest BCUT2D eigenvalue weighted by Crippen LogP contribution is -2.60. The summed E-state index contributed by atoms with van der Waals surface area (Å²) in [6.45, 7) is 6.00. The van der Waals surface area contributed by atoms with Crippen molar-refractivity contribution < 1.29 is 0 Å². The van der Waals surface area contributed by atoms with E-state index in [1.807, 2.05) is 0 Å². The molecule has 0 N–H and O–H groups in total. The number of anilines is 2. The van der Waals surface area contributed by atoms with Crippen LogP contribution in [0.1, 0.15) is 17.5 Å². The summed E-state index contributed by atoms with van der Waals surface area (Å²) in [5, 5.41) is 6.50. The first kappa shape index (κ1) is 21.0. The first-order valence-electron chi connectivity index (χ1n) is 9.97. The minimum Gasteiger partial charge on any atom is -0.378 e. The molecular formula is C22H30N6Si. The van der Waals surface area contributed by atoms with Gasteiger partial charge in [0.2, 0.25) is 0 Å². The van der Waals surface area contributed by atoms with Gasteiger partial charge in [0.15, 0.2) is 0 Å². The second kappa shape index (κ2) is 8.31. The summed E-state index contributed by atoms with van der Waals surface area (Å²) in [7, 11) is 6.45. The summed E-state index contributed by atoms with van der Waals surface area (Å²) in [6, 6.07) is 13.5. The highest BCUT2D eigenvalue weighted by Gasteiger charge is 2.38. The van der Waals surface area contributed by atoms with Gasteiger partial charge < -0.3 is 9.80 Å². The average molecular weight is 407 g/mol. The van der Waals surface area contributed by atoms with Gasteiger partial charge in [-0.3, -0.25) is 4.99 Å². The van der Waals surface area contributed by atoms with Crippen molar-refractivity contribution in [1.29, 1.82) is 0 Å². The molecule has 6 nitrogen and oxygen atoms in total. The van der Waals surface area contributed by atoms with Crippen molar-refractivity contribution in [2.24, 2.45) is 10.1 Å². The van der Waals surface area contributed by atoms with Crippen LogP contribution >= 0.6 is 0 Å². The summed E-state index contributed by atoms with van der Waals surface area (Å²) < 4.78 is 0. The van der Waals surface area contributed by atoms with Crippen molar-refractivity contribution in [3.63, 3.8) is 0 Å². The number of fused-ring (bicyclic) bond motifs is 2. The van der Waals surface area contributed by atoms with Crippen molar-refractivity contribution in [3.8, 4) is 0 Å². The molecule has 0 bridgehead atoms. The highest BCUT2D eigenvalue weighted by Crippen LogP contribution is 2.26. The van der Waals surface area contributed by atoms with E-state index in [1.54, 1.807) is 0 Å². The predicted octanol–water partition coefficient (Wildman–Crippen LogP) is 3.49. The number of hydrogen-bond donors (Lipinski definition) is 0. The zero-order chi connectivity index (χ0) is 21.2. The highest BCUT2D eigenvalue weighted by atomic mass is 28.3. The smallest absolute Gasteiger partial charge is 0.114 e. The predicted molar refractivity (Wildman–Crippen MR) is 127 cm³/mol. The molecule has 152 valence electrons. The quantitative estimate of drug-likeness (QED) is 0.242. The molecule has 0 unspecified atom stereocenters. The standard InChI is InChI=1S/C22H30N6Si/c1-27(2)16-8-10-18-20(14-16)29(5,6)21-15-17(28(3)4)9-11-19(21)22(18)24-12-7-13-25-26-23/h8-11,14-15H,7,12-13H2,1-6H3. The third-order valence-electron chi connectivity index (χ3n) is 5.65. The summed E-state index contributed by atoms with van der Waals surface area (Å²) >= 11 is 0. The number of azide groups is 1. The van der Waals surface area contributed by atoms with Gasteiger partial charge in [0, 0.05) is 68.7 Å². The van der Waals surface area contributed by atoms with Crippen LogP contribution in [-0.2, 0) is 0 Å². The Morgan fingerprint density at radius 1 is 0.862 bits per heavy atom. The Kier molecular flexibility index (Phi) is 6.01. The maximum atomic E-state index is 8.49. The van der Waals surface area contributed by atoms with E-state index in [2.05, 4.69) is 97.5 Å². The molecule has 1 aliphatic rings. The Hall–Kier alpha value is -2.76. The van der Waals surface area contributed by atoms with E-state index in [4.69, 9.17) is 10.5 Å². The van der Waals surface area contributed by atoms with E-state index in [-0.39, 0.29) is 0 Å². The molecule has 7 heteroatoms. The van der Waals surface area contributed by atoms with Crippen molar-refractivity contribution in [3.05, 3.63) is 58.0 Å².